The van der Waals surface area contributed by atoms with Crippen LogP contribution >= 0.6 is 0 Å². The van der Waals surface area contributed by atoms with E-state index in [1.54, 1.807) is 0 Å². The number of hydrogen-bond donors (Lipinski definition) is 1. The number of carbonyl (C=O) groups is 1. The van der Waals surface area contributed by atoms with Gasteiger partial charge in [0.05, 0.1) is 11.0 Å². The fourth-order valence-electron chi connectivity index (χ4n) is 3.48. The second-order valence-electron chi connectivity index (χ2n) is 6.92. The number of amides is 1. The van der Waals surface area contributed by atoms with Crippen LogP contribution in [-0.4, -0.2) is 15.5 Å². The quantitative estimate of drug-likeness (QED) is 0.492. The van der Waals surface area contributed by atoms with E-state index in [-0.39, 0.29) is 11.7 Å². The van der Waals surface area contributed by atoms with Crippen LogP contribution < -0.4 is 5.32 Å². The first-order valence-electron chi connectivity index (χ1n) is 9.74. The molecule has 4 rings (SSSR count). The van der Waals surface area contributed by atoms with Crippen LogP contribution in [-0.2, 0) is 19.4 Å². The van der Waals surface area contributed by atoms with E-state index in [1.165, 1.54) is 35.3 Å². The lowest BCUT2D eigenvalue weighted by Crippen LogP contribution is -2.11. The smallest absolute Gasteiger partial charge is 0.255 e. The molecule has 4 aromatic rings. The summed E-state index contributed by atoms with van der Waals surface area (Å²) in [6.45, 7) is 3.03. The minimum Gasteiger partial charge on any atom is -0.328 e. The molecule has 0 aliphatic rings. The summed E-state index contributed by atoms with van der Waals surface area (Å²) < 4.78 is 15.2. The Labute approximate surface area is 169 Å². The number of anilines is 1. The number of imidazole rings is 1. The maximum atomic E-state index is 13.0. The van der Waals surface area contributed by atoms with Gasteiger partial charge in [0.2, 0.25) is 0 Å². The summed E-state index contributed by atoms with van der Waals surface area (Å²) in [6.07, 6.45) is 1.72. The number of rotatable bonds is 6. The highest BCUT2D eigenvalue weighted by Gasteiger charge is 2.10. The molecule has 0 atom stereocenters. The number of nitrogens with zero attached hydrogens (tertiary/aromatic N) is 2. The fourth-order valence-corrected chi connectivity index (χ4v) is 3.48. The largest absolute Gasteiger partial charge is 0.328 e. The molecule has 0 fully saturated rings. The molecule has 0 aliphatic heterocycles. The van der Waals surface area contributed by atoms with Crippen molar-refractivity contribution in [3.8, 4) is 0 Å². The molecule has 1 N–H and O–H groups in total. The van der Waals surface area contributed by atoms with Crippen LogP contribution in [0.25, 0.3) is 11.0 Å². The maximum absolute atomic E-state index is 13.0. The van der Waals surface area contributed by atoms with Gasteiger partial charge < -0.3 is 9.88 Å². The first kappa shape index (κ1) is 18.9. The highest BCUT2D eigenvalue weighted by atomic mass is 19.1. The number of aryl methyl sites for hydroxylation is 3. The number of para-hydroxylation sites is 2. The molecular formula is C24H22FN3O. The number of aromatic nitrogens is 2. The third-order valence-corrected chi connectivity index (χ3v) is 5.01. The zero-order valence-corrected chi connectivity index (χ0v) is 16.2. The zero-order valence-electron chi connectivity index (χ0n) is 16.2. The van der Waals surface area contributed by atoms with E-state index < -0.39 is 0 Å². The van der Waals surface area contributed by atoms with Crippen LogP contribution in [0.1, 0.15) is 28.7 Å². The monoisotopic (exact) mass is 387 g/mol. The molecule has 1 heterocycles. The predicted molar refractivity (Wildman–Crippen MR) is 114 cm³/mol. The van der Waals surface area contributed by atoms with Crippen LogP contribution in [0.5, 0.6) is 0 Å². The Hall–Kier alpha value is -3.47. The van der Waals surface area contributed by atoms with Crippen LogP contribution in [0.15, 0.2) is 72.8 Å². The summed E-state index contributed by atoms with van der Waals surface area (Å²) >= 11 is 0. The van der Waals surface area contributed by atoms with E-state index in [0.717, 1.165) is 30.7 Å². The van der Waals surface area contributed by atoms with Gasteiger partial charge in [0.25, 0.3) is 5.91 Å². The molecule has 0 radical (unpaired) electrons. The average Bonchev–Trinajstić information content (AvgIpc) is 3.11. The van der Waals surface area contributed by atoms with Crippen molar-refractivity contribution in [3.05, 3.63) is 95.6 Å². The summed E-state index contributed by atoms with van der Waals surface area (Å²) in [6, 6.07) is 21.5. The second-order valence-corrected chi connectivity index (χ2v) is 6.92. The van der Waals surface area contributed by atoms with Crippen LogP contribution in [0.3, 0.4) is 0 Å². The average molecular weight is 387 g/mol. The van der Waals surface area contributed by atoms with Gasteiger partial charge >= 0.3 is 0 Å². The van der Waals surface area contributed by atoms with Gasteiger partial charge in [0.1, 0.15) is 11.6 Å². The Morgan fingerprint density at radius 2 is 1.69 bits per heavy atom. The number of nitrogens with one attached hydrogen (secondary N) is 1. The Balaban J connectivity index is 1.41. The Morgan fingerprint density at radius 3 is 2.41 bits per heavy atom. The van der Waals surface area contributed by atoms with Crippen molar-refractivity contribution in [2.75, 3.05) is 5.32 Å². The normalized spacial score (nSPS) is 11.0. The highest BCUT2D eigenvalue weighted by Crippen LogP contribution is 2.18. The summed E-state index contributed by atoms with van der Waals surface area (Å²) in [4.78, 5) is 17.0. The second kappa shape index (κ2) is 8.27. The minimum atomic E-state index is -0.359. The highest BCUT2D eigenvalue weighted by molar-refractivity contribution is 6.04. The van der Waals surface area contributed by atoms with E-state index >= 15 is 0 Å². The van der Waals surface area contributed by atoms with E-state index in [4.69, 9.17) is 4.98 Å². The first-order valence-corrected chi connectivity index (χ1v) is 9.74. The van der Waals surface area contributed by atoms with Gasteiger partial charge in [-0.1, -0.05) is 24.3 Å². The van der Waals surface area contributed by atoms with Crippen molar-refractivity contribution in [1.82, 2.24) is 9.55 Å². The van der Waals surface area contributed by atoms with Crippen LogP contribution in [0, 0.1) is 5.82 Å². The van der Waals surface area contributed by atoms with E-state index in [2.05, 4.69) is 22.9 Å². The van der Waals surface area contributed by atoms with Crippen molar-refractivity contribution in [3.63, 3.8) is 0 Å². The van der Waals surface area contributed by atoms with Crippen molar-refractivity contribution in [2.24, 2.45) is 0 Å². The molecular weight excluding hydrogens is 365 g/mol. The van der Waals surface area contributed by atoms with E-state index in [9.17, 15) is 9.18 Å². The van der Waals surface area contributed by atoms with Gasteiger partial charge in [-0.2, -0.15) is 0 Å². The van der Waals surface area contributed by atoms with Gasteiger partial charge in [-0.05, 0) is 67.4 Å². The third-order valence-electron chi connectivity index (χ3n) is 5.01. The number of hydrogen-bond acceptors (Lipinski definition) is 2. The lowest BCUT2D eigenvalue weighted by Gasteiger charge is -2.08. The fraction of sp³-hybridized carbons (Fsp3) is 0.167. The van der Waals surface area contributed by atoms with Crippen molar-refractivity contribution >= 4 is 22.6 Å². The molecule has 5 heteroatoms. The van der Waals surface area contributed by atoms with Crippen molar-refractivity contribution in [2.45, 2.75) is 26.3 Å². The molecule has 0 spiro atoms. The molecule has 0 bridgehead atoms. The molecule has 0 aliphatic carbocycles. The molecule has 1 amide bonds. The van der Waals surface area contributed by atoms with Gasteiger partial charge in [0, 0.05) is 24.2 Å². The SMILES string of the molecule is CCn1c(CCc2ccc(NC(=O)c3ccc(F)cc3)cc2)nc2ccccc21. The zero-order chi connectivity index (χ0) is 20.2. The summed E-state index contributed by atoms with van der Waals surface area (Å²) in [7, 11) is 0. The van der Waals surface area contributed by atoms with Crippen molar-refractivity contribution in [1.29, 1.82) is 0 Å². The lowest BCUT2D eigenvalue weighted by molar-refractivity contribution is 0.102. The molecule has 0 unspecified atom stereocenters. The Bertz CT molecular complexity index is 1130. The molecule has 1 aromatic heterocycles. The Morgan fingerprint density at radius 1 is 0.966 bits per heavy atom. The minimum absolute atomic E-state index is 0.255. The molecule has 0 saturated carbocycles. The van der Waals surface area contributed by atoms with Gasteiger partial charge in [-0.25, -0.2) is 9.37 Å². The number of carbonyl (C=O) groups excluding carboxylic acids is 1. The van der Waals surface area contributed by atoms with Crippen molar-refractivity contribution < 1.29 is 9.18 Å². The van der Waals surface area contributed by atoms with E-state index in [1.807, 2.05) is 42.5 Å². The maximum Gasteiger partial charge on any atom is 0.255 e. The lowest BCUT2D eigenvalue weighted by atomic mass is 10.1. The summed E-state index contributed by atoms with van der Waals surface area (Å²) in [5.74, 6) is 0.472. The molecule has 146 valence electrons. The molecule has 3 aromatic carbocycles. The molecule has 29 heavy (non-hydrogen) atoms. The van der Waals surface area contributed by atoms with Crippen LogP contribution in [0.4, 0.5) is 10.1 Å². The number of halogens is 1. The summed E-state index contributed by atoms with van der Waals surface area (Å²) in [5.41, 5.74) is 4.52. The topological polar surface area (TPSA) is 46.9 Å². The summed E-state index contributed by atoms with van der Waals surface area (Å²) in [5, 5.41) is 2.84. The predicted octanol–water partition coefficient (Wildman–Crippen LogP) is 5.23. The third kappa shape index (κ3) is 4.19. The van der Waals surface area contributed by atoms with Crippen LogP contribution in [0.2, 0.25) is 0 Å². The number of benzene rings is 3. The molecule has 4 nitrogen and oxygen atoms in total. The van der Waals surface area contributed by atoms with Gasteiger partial charge in [-0.15, -0.1) is 0 Å². The standard InChI is InChI=1S/C24H22FN3O/c1-2-28-22-6-4-3-5-21(22)27-23(28)16-9-17-7-14-20(15-8-17)26-24(29)18-10-12-19(25)13-11-18/h3-8,10-15H,2,9,16H2,1H3,(H,26,29). The van der Waals surface area contributed by atoms with Gasteiger partial charge in [-0.3, -0.25) is 4.79 Å². The molecule has 0 saturated heterocycles. The van der Waals surface area contributed by atoms with Gasteiger partial charge in [0.15, 0.2) is 0 Å². The van der Waals surface area contributed by atoms with E-state index in [0.29, 0.717) is 11.3 Å². The number of fused-ring (bicyclic) bond motifs is 1. The first-order chi connectivity index (χ1) is 14.1. The Kier molecular flexibility index (Phi) is 5.38.